The minimum atomic E-state index is 0.536. The zero-order valence-electron chi connectivity index (χ0n) is 10.5. The van der Waals surface area contributed by atoms with E-state index in [1.807, 2.05) is 44.2 Å². The van der Waals surface area contributed by atoms with E-state index in [1.54, 1.807) is 6.07 Å². The largest absolute Gasteiger partial charge is 0.398 e. The molecule has 4 nitrogen and oxygen atoms in total. The van der Waals surface area contributed by atoms with Gasteiger partial charge < -0.3 is 11.5 Å². The zero-order valence-corrected chi connectivity index (χ0v) is 10.5. The average molecular weight is 240 g/mol. The van der Waals surface area contributed by atoms with Crippen LogP contribution in [0.1, 0.15) is 11.1 Å². The molecular weight excluding hydrogens is 224 g/mol. The Labute approximate surface area is 106 Å². The van der Waals surface area contributed by atoms with Gasteiger partial charge in [0.1, 0.15) is 5.69 Å². The lowest BCUT2D eigenvalue weighted by Gasteiger charge is -2.04. The topological polar surface area (TPSA) is 76.8 Å². The van der Waals surface area contributed by atoms with Crippen LogP contribution in [0.2, 0.25) is 0 Å². The summed E-state index contributed by atoms with van der Waals surface area (Å²) in [6.07, 6.45) is 0. The molecule has 0 fully saturated rings. The van der Waals surface area contributed by atoms with Crippen LogP contribution in [-0.4, -0.2) is 0 Å². The number of rotatable bonds is 2. The molecule has 0 saturated carbocycles. The minimum Gasteiger partial charge on any atom is -0.398 e. The van der Waals surface area contributed by atoms with Crippen molar-refractivity contribution in [1.29, 1.82) is 0 Å². The Bertz CT molecular complexity index is 585. The maximum Gasteiger partial charge on any atom is 0.109 e. The van der Waals surface area contributed by atoms with E-state index in [1.165, 1.54) is 5.56 Å². The van der Waals surface area contributed by atoms with Gasteiger partial charge in [-0.25, -0.2) is 0 Å². The van der Waals surface area contributed by atoms with Crippen LogP contribution in [0.3, 0.4) is 0 Å². The smallest absolute Gasteiger partial charge is 0.109 e. The van der Waals surface area contributed by atoms with Gasteiger partial charge in [-0.15, -0.1) is 5.11 Å². The van der Waals surface area contributed by atoms with Gasteiger partial charge in [0.15, 0.2) is 0 Å². The van der Waals surface area contributed by atoms with Crippen LogP contribution in [0.4, 0.5) is 22.7 Å². The monoisotopic (exact) mass is 240 g/mol. The number of azo groups is 1. The molecule has 0 aromatic heterocycles. The van der Waals surface area contributed by atoms with E-state index in [4.69, 9.17) is 11.5 Å². The number of nitrogens with two attached hydrogens (primary N) is 2. The van der Waals surface area contributed by atoms with Crippen molar-refractivity contribution in [3.8, 4) is 0 Å². The maximum absolute atomic E-state index is 5.84. The summed E-state index contributed by atoms with van der Waals surface area (Å²) in [5, 5.41) is 8.31. The third-order valence-electron chi connectivity index (χ3n) is 2.72. The second-order valence-corrected chi connectivity index (χ2v) is 4.30. The molecule has 0 amide bonds. The van der Waals surface area contributed by atoms with Crippen LogP contribution in [0.15, 0.2) is 46.6 Å². The SMILES string of the molecule is Cc1ccc(N=Nc2cc(C)c(N)cc2N)cc1. The molecule has 0 aliphatic rings. The Hall–Kier alpha value is -2.36. The summed E-state index contributed by atoms with van der Waals surface area (Å²) in [4.78, 5) is 0. The fraction of sp³-hybridized carbons (Fsp3) is 0.143. The second kappa shape index (κ2) is 4.87. The number of aryl methyl sites for hydroxylation is 2. The first-order valence-electron chi connectivity index (χ1n) is 5.70. The number of hydrogen-bond donors (Lipinski definition) is 2. The van der Waals surface area contributed by atoms with Crippen molar-refractivity contribution < 1.29 is 0 Å². The lowest BCUT2D eigenvalue weighted by Crippen LogP contribution is -1.93. The molecule has 2 rings (SSSR count). The molecule has 0 saturated heterocycles. The molecule has 4 heteroatoms. The molecule has 92 valence electrons. The minimum absolute atomic E-state index is 0.536. The molecule has 2 aromatic rings. The van der Waals surface area contributed by atoms with Gasteiger partial charge in [-0.1, -0.05) is 17.7 Å². The zero-order chi connectivity index (χ0) is 13.1. The Balaban J connectivity index is 2.28. The first kappa shape index (κ1) is 12.1. The van der Waals surface area contributed by atoms with Crippen LogP contribution >= 0.6 is 0 Å². The predicted octanol–water partition coefficient (Wildman–Crippen LogP) is 3.88. The van der Waals surface area contributed by atoms with E-state index in [0.717, 1.165) is 11.3 Å². The molecule has 0 aliphatic carbocycles. The van der Waals surface area contributed by atoms with Gasteiger partial charge in [-0.05, 0) is 43.7 Å². The molecule has 0 unspecified atom stereocenters. The average Bonchev–Trinajstić information content (AvgIpc) is 2.34. The Morgan fingerprint density at radius 1 is 0.833 bits per heavy atom. The van der Waals surface area contributed by atoms with E-state index in [2.05, 4.69) is 10.2 Å². The maximum atomic E-state index is 5.84. The van der Waals surface area contributed by atoms with Gasteiger partial charge in [0.05, 0.1) is 11.4 Å². The Morgan fingerprint density at radius 3 is 2.17 bits per heavy atom. The summed E-state index contributed by atoms with van der Waals surface area (Å²) >= 11 is 0. The fourth-order valence-electron chi connectivity index (χ4n) is 1.54. The van der Waals surface area contributed by atoms with Gasteiger partial charge in [-0.3, -0.25) is 0 Å². The highest BCUT2D eigenvalue weighted by atomic mass is 15.1. The summed E-state index contributed by atoms with van der Waals surface area (Å²) in [5.74, 6) is 0. The Kier molecular flexibility index (Phi) is 3.28. The van der Waals surface area contributed by atoms with E-state index in [9.17, 15) is 0 Å². The highest BCUT2D eigenvalue weighted by Crippen LogP contribution is 2.29. The summed E-state index contributed by atoms with van der Waals surface area (Å²) < 4.78 is 0. The van der Waals surface area contributed by atoms with Crippen LogP contribution in [0.5, 0.6) is 0 Å². The number of hydrogen-bond acceptors (Lipinski definition) is 4. The first-order chi connectivity index (χ1) is 8.56. The molecule has 2 aromatic carbocycles. The van der Waals surface area contributed by atoms with Gasteiger partial charge in [0.2, 0.25) is 0 Å². The van der Waals surface area contributed by atoms with Crippen LogP contribution in [0, 0.1) is 13.8 Å². The van der Waals surface area contributed by atoms with Gasteiger partial charge in [0, 0.05) is 5.69 Å². The molecule has 18 heavy (non-hydrogen) atoms. The van der Waals surface area contributed by atoms with Gasteiger partial charge in [0.25, 0.3) is 0 Å². The summed E-state index contributed by atoms with van der Waals surface area (Å²) in [6.45, 7) is 3.95. The van der Waals surface area contributed by atoms with Gasteiger partial charge >= 0.3 is 0 Å². The summed E-state index contributed by atoms with van der Waals surface area (Å²) in [5.41, 5.74) is 16.4. The molecule has 0 spiro atoms. The van der Waals surface area contributed by atoms with Gasteiger partial charge in [-0.2, -0.15) is 5.11 Å². The lowest BCUT2D eigenvalue weighted by atomic mass is 10.1. The van der Waals surface area contributed by atoms with E-state index in [0.29, 0.717) is 17.1 Å². The van der Waals surface area contributed by atoms with Crippen molar-refractivity contribution in [3.05, 3.63) is 47.5 Å². The lowest BCUT2D eigenvalue weighted by molar-refractivity contribution is 1.22. The van der Waals surface area contributed by atoms with Crippen molar-refractivity contribution in [3.63, 3.8) is 0 Å². The second-order valence-electron chi connectivity index (χ2n) is 4.30. The van der Waals surface area contributed by atoms with E-state index >= 15 is 0 Å². The third kappa shape index (κ3) is 2.66. The third-order valence-corrected chi connectivity index (χ3v) is 2.72. The fourth-order valence-corrected chi connectivity index (χ4v) is 1.54. The molecule has 0 radical (unpaired) electrons. The van der Waals surface area contributed by atoms with Crippen LogP contribution in [0.25, 0.3) is 0 Å². The highest BCUT2D eigenvalue weighted by Gasteiger charge is 2.01. The molecule has 4 N–H and O–H groups in total. The molecule has 0 heterocycles. The predicted molar refractivity (Wildman–Crippen MR) is 75.4 cm³/mol. The first-order valence-corrected chi connectivity index (χ1v) is 5.70. The number of nitrogen functional groups attached to an aromatic ring is 2. The van der Waals surface area contributed by atoms with Crippen LogP contribution in [-0.2, 0) is 0 Å². The summed E-state index contributed by atoms with van der Waals surface area (Å²) in [6, 6.07) is 11.4. The number of benzene rings is 2. The van der Waals surface area contributed by atoms with Crippen molar-refractivity contribution in [2.24, 2.45) is 10.2 Å². The molecular formula is C14H16N4. The van der Waals surface area contributed by atoms with Crippen molar-refractivity contribution in [2.75, 3.05) is 11.5 Å². The number of anilines is 2. The van der Waals surface area contributed by atoms with Crippen molar-refractivity contribution >= 4 is 22.7 Å². The van der Waals surface area contributed by atoms with Crippen molar-refractivity contribution in [1.82, 2.24) is 0 Å². The highest BCUT2D eigenvalue weighted by molar-refractivity contribution is 5.70. The molecule has 0 atom stereocenters. The normalized spacial score (nSPS) is 11.0. The molecule has 0 aliphatic heterocycles. The summed E-state index contributed by atoms with van der Waals surface area (Å²) in [7, 11) is 0. The number of nitrogens with zero attached hydrogens (tertiary/aromatic N) is 2. The quantitative estimate of drug-likeness (QED) is 0.617. The van der Waals surface area contributed by atoms with E-state index < -0.39 is 0 Å². The van der Waals surface area contributed by atoms with E-state index in [-0.39, 0.29) is 0 Å². The molecule has 0 bridgehead atoms. The van der Waals surface area contributed by atoms with Crippen LogP contribution < -0.4 is 11.5 Å². The van der Waals surface area contributed by atoms with Crippen molar-refractivity contribution in [2.45, 2.75) is 13.8 Å². The Morgan fingerprint density at radius 2 is 1.50 bits per heavy atom. The standard InChI is InChI=1S/C14H16N4/c1-9-3-5-11(6-4-9)17-18-14-7-10(2)12(15)8-13(14)16/h3-8H,15-16H2,1-2H3.